The molecule has 8 aromatic heterocycles. The molecule has 0 aliphatic rings. The molecule has 0 unspecified atom stereocenters. The summed E-state index contributed by atoms with van der Waals surface area (Å²) in [6.07, 6.45) is 10.7. The maximum Gasteiger partial charge on any atom is 0.234 e. The summed E-state index contributed by atoms with van der Waals surface area (Å²) in [6, 6.07) is 111. The van der Waals surface area contributed by atoms with Crippen LogP contribution in [0.3, 0.4) is 0 Å². The van der Waals surface area contributed by atoms with E-state index in [2.05, 4.69) is 321 Å². The minimum Gasteiger partial charge on any atom is -0.456 e. The molecule has 0 aliphatic carbocycles. The number of furan rings is 1. The van der Waals surface area contributed by atoms with Crippen LogP contribution < -0.4 is 0 Å². The summed E-state index contributed by atoms with van der Waals surface area (Å²) in [5, 5.41) is 11.9. The molecule has 0 bridgehead atoms. The molecular formula is C90H58N10O. The van der Waals surface area contributed by atoms with Crippen LogP contribution in [0.15, 0.2) is 357 Å². The predicted molar refractivity (Wildman–Crippen MR) is 412 cm³/mol. The van der Waals surface area contributed by atoms with Crippen LogP contribution in [0.5, 0.6) is 0 Å². The van der Waals surface area contributed by atoms with E-state index in [4.69, 9.17) is 4.42 Å². The Morgan fingerprint density at radius 2 is 0.446 bits per heavy atom. The standard InChI is InChI=1S/C34H22N4.C28H17N3O.C28H19N3/c1-2-9-25(10-3-1)37-30-13-6-4-11-26(30)28-21-23(15-17-32(28)37)24-16-18-33-29(22-24)27-12-5-7-14-31(27)38(33)34-35-19-8-20-36-34;1-3-8-24-20(6-1)22-16-18(10-12-25(22)31(24)28-29-14-5-15-30-28)19-11-13-27-23(17-19)21-7-2-4-9-26(21)32-27;1-3-8-20(9-4-1)22-12-14-26-24(18-22)25-19-23(21-10-5-2-6-11-21)13-15-27(25)31(26)28-29-16-7-17-30-28/h1-22H;1-17H;1-19H. The Balaban J connectivity index is 0.000000106. The Hall–Kier alpha value is -13.9. The number of hydrogen-bond donors (Lipinski definition) is 0. The van der Waals surface area contributed by atoms with Gasteiger partial charge in [0, 0.05) is 96.7 Å². The first kappa shape index (κ1) is 58.5. The largest absolute Gasteiger partial charge is 0.456 e. The van der Waals surface area contributed by atoms with Crippen molar-refractivity contribution in [2.45, 2.75) is 0 Å². The number of nitrogens with zero attached hydrogens (tertiary/aromatic N) is 10. The minimum atomic E-state index is 0.678. The Morgan fingerprint density at radius 1 is 0.178 bits per heavy atom. The summed E-state index contributed by atoms with van der Waals surface area (Å²) in [5.74, 6) is 2.04. The quantitative estimate of drug-likeness (QED) is 0.149. The fourth-order valence-corrected chi connectivity index (χ4v) is 14.7. The van der Waals surface area contributed by atoms with Gasteiger partial charge in [-0.3, -0.25) is 13.7 Å². The van der Waals surface area contributed by atoms with Crippen LogP contribution in [-0.2, 0) is 0 Å². The van der Waals surface area contributed by atoms with Crippen molar-refractivity contribution < 1.29 is 4.42 Å². The predicted octanol–water partition coefficient (Wildman–Crippen LogP) is 22.4. The molecule has 0 amide bonds. The third kappa shape index (κ3) is 10.2. The zero-order valence-corrected chi connectivity index (χ0v) is 54.4. The number of benzene rings is 13. The van der Waals surface area contributed by atoms with Gasteiger partial charge >= 0.3 is 0 Å². The molecule has 11 nitrogen and oxygen atoms in total. The normalized spacial score (nSPS) is 11.6. The van der Waals surface area contributed by atoms with Crippen molar-refractivity contribution in [3.8, 4) is 68.0 Å². The van der Waals surface area contributed by atoms with Crippen LogP contribution >= 0.6 is 0 Å². The van der Waals surface area contributed by atoms with Crippen molar-refractivity contribution in [2.24, 2.45) is 0 Å². The molecule has 474 valence electrons. The first-order valence-corrected chi connectivity index (χ1v) is 33.7. The molecule has 21 rings (SSSR count). The Kier molecular flexibility index (Phi) is 14.3. The molecule has 0 N–H and O–H groups in total. The SMILES string of the molecule is c1ccc(-c2ccc3c(c2)c2cc(-c4ccccc4)ccc2n3-c2ncccn2)cc1.c1ccc(-n2c3ccccc3c3cc(-c4ccc5c(c4)c4ccccc4n5-c4ncccn4)ccc32)cc1.c1cnc(-n2c3ccccc3c3cc(-c4ccc5oc6ccccc6c5c4)ccc32)nc1. The lowest BCUT2D eigenvalue weighted by Gasteiger charge is -2.08. The molecule has 0 fully saturated rings. The average molecular weight is 1300 g/mol. The van der Waals surface area contributed by atoms with Gasteiger partial charge in [-0.2, -0.15) is 0 Å². The Morgan fingerprint density at radius 3 is 0.842 bits per heavy atom. The van der Waals surface area contributed by atoms with E-state index < -0.39 is 0 Å². The van der Waals surface area contributed by atoms with Crippen LogP contribution in [0.2, 0.25) is 0 Å². The molecule has 0 spiro atoms. The highest BCUT2D eigenvalue weighted by Gasteiger charge is 2.20. The highest BCUT2D eigenvalue weighted by molar-refractivity contribution is 6.15. The van der Waals surface area contributed by atoms with Crippen LogP contribution in [0.1, 0.15) is 0 Å². The molecule has 0 aliphatic heterocycles. The van der Waals surface area contributed by atoms with Crippen LogP contribution in [0.25, 0.3) is 177 Å². The zero-order chi connectivity index (χ0) is 66.7. The van der Waals surface area contributed by atoms with Crippen LogP contribution in [0.4, 0.5) is 0 Å². The number of aromatic nitrogens is 10. The second kappa shape index (κ2) is 24.6. The summed E-state index contributed by atoms with van der Waals surface area (Å²) >= 11 is 0. The number of para-hydroxylation sites is 5. The first-order chi connectivity index (χ1) is 50.1. The molecular weight excluding hydrogens is 1240 g/mol. The highest BCUT2D eigenvalue weighted by atomic mass is 16.3. The van der Waals surface area contributed by atoms with Crippen LogP contribution in [-0.4, -0.2) is 48.2 Å². The lowest BCUT2D eigenvalue weighted by molar-refractivity contribution is 0.669. The third-order valence-electron chi connectivity index (χ3n) is 19.3. The van der Waals surface area contributed by atoms with Gasteiger partial charge in [0.25, 0.3) is 0 Å². The lowest BCUT2D eigenvalue weighted by Crippen LogP contribution is -1.99. The van der Waals surface area contributed by atoms with Crippen LogP contribution in [0, 0.1) is 0 Å². The fourth-order valence-electron chi connectivity index (χ4n) is 14.7. The second-order valence-electron chi connectivity index (χ2n) is 25.1. The fraction of sp³-hybridized carbons (Fsp3) is 0. The van der Waals surface area contributed by atoms with Crippen molar-refractivity contribution >= 4 is 109 Å². The average Bonchev–Trinajstić information content (AvgIpc) is 1.61. The summed E-state index contributed by atoms with van der Waals surface area (Å²) in [5.41, 5.74) is 21.6. The van der Waals surface area contributed by atoms with Gasteiger partial charge in [-0.05, 0) is 172 Å². The Bertz CT molecular complexity index is 6430. The smallest absolute Gasteiger partial charge is 0.234 e. The van der Waals surface area contributed by atoms with E-state index in [0.717, 1.165) is 55.0 Å². The lowest BCUT2D eigenvalue weighted by atomic mass is 10.0. The summed E-state index contributed by atoms with van der Waals surface area (Å²) in [7, 11) is 0. The molecule has 101 heavy (non-hydrogen) atoms. The molecule has 11 heteroatoms. The van der Waals surface area contributed by atoms with E-state index in [1.54, 1.807) is 37.2 Å². The van der Waals surface area contributed by atoms with Gasteiger partial charge in [-0.1, -0.05) is 188 Å². The second-order valence-corrected chi connectivity index (χ2v) is 25.1. The van der Waals surface area contributed by atoms with Crippen molar-refractivity contribution in [3.63, 3.8) is 0 Å². The molecule has 0 atom stereocenters. The van der Waals surface area contributed by atoms with Gasteiger partial charge in [-0.15, -0.1) is 0 Å². The molecule has 0 radical (unpaired) electrons. The van der Waals surface area contributed by atoms with Crippen molar-refractivity contribution in [2.75, 3.05) is 0 Å². The summed E-state index contributed by atoms with van der Waals surface area (Å²) < 4.78 is 14.8. The maximum atomic E-state index is 6.01. The highest BCUT2D eigenvalue weighted by Crippen LogP contribution is 2.42. The maximum absolute atomic E-state index is 6.01. The molecule has 0 saturated heterocycles. The monoisotopic (exact) mass is 1290 g/mol. The minimum absolute atomic E-state index is 0.678. The van der Waals surface area contributed by atoms with E-state index >= 15 is 0 Å². The molecule has 8 heterocycles. The van der Waals surface area contributed by atoms with Crippen molar-refractivity contribution in [1.29, 1.82) is 0 Å². The number of fused-ring (bicyclic) bond motifs is 15. The van der Waals surface area contributed by atoms with E-state index in [9.17, 15) is 0 Å². The summed E-state index contributed by atoms with van der Waals surface area (Å²) in [6.45, 7) is 0. The van der Waals surface area contributed by atoms with Gasteiger partial charge in [0.2, 0.25) is 17.8 Å². The van der Waals surface area contributed by atoms with E-state index in [1.807, 2.05) is 42.5 Å². The topological polar surface area (TPSA) is 110 Å². The van der Waals surface area contributed by atoms with E-state index in [-0.39, 0.29) is 0 Å². The zero-order valence-electron chi connectivity index (χ0n) is 54.4. The van der Waals surface area contributed by atoms with Crippen molar-refractivity contribution in [3.05, 3.63) is 353 Å². The van der Waals surface area contributed by atoms with Crippen molar-refractivity contribution in [1.82, 2.24) is 48.2 Å². The molecule has 13 aromatic carbocycles. The van der Waals surface area contributed by atoms with E-state index in [0.29, 0.717) is 17.8 Å². The van der Waals surface area contributed by atoms with Gasteiger partial charge < -0.3 is 8.98 Å². The van der Waals surface area contributed by atoms with E-state index in [1.165, 1.54) is 104 Å². The van der Waals surface area contributed by atoms with Gasteiger partial charge in [0.15, 0.2) is 0 Å². The van der Waals surface area contributed by atoms with Gasteiger partial charge in [-0.25, -0.2) is 29.9 Å². The molecule has 21 aromatic rings. The first-order valence-electron chi connectivity index (χ1n) is 33.7. The van der Waals surface area contributed by atoms with Gasteiger partial charge in [0.1, 0.15) is 11.2 Å². The number of rotatable bonds is 8. The summed E-state index contributed by atoms with van der Waals surface area (Å²) in [4.78, 5) is 27.2. The number of hydrogen-bond acceptors (Lipinski definition) is 7. The Labute approximate surface area is 579 Å². The van der Waals surface area contributed by atoms with Gasteiger partial charge in [0.05, 0.1) is 44.1 Å². The third-order valence-corrected chi connectivity index (χ3v) is 19.3. The molecule has 0 saturated carbocycles.